The number of para-hydroxylation sites is 2. The highest BCUT2D eigenvalue weighted by molar-refractivity contribution is 6.23. The van der Waals surface area contributed by atoms with Gasteiger partial charge in [0.1, 0.15) is 0 Å². The highest BCUT2D eigenvalue weighted by Gasteiger charge is 2.18. The van der Waals surface area contributed by atoms with E-state index in [0.717, 1.165) is 44.2 Å². The molecule has 0 fully saturated rings. The first-order chi connectivity index (χ1) is 24.3. The number of rotatable bonds is 4. The molecule has 0 atom stereocenters. The lowest BCUT2D eigenvalue weighted by Crippen LogP contribution is -2.01. The summed E-state index contributed by atoms with van der Waals surface area (Å²) in [6.45, 7) is 0. The second-order valence-electron chi connectivity index (χ2n) is 12.4. The van der Waals surface area contributed by atoms with E-state index >= 15 is 0 Å². The van der Waals surface area contributed by atoms with Gasteiger partial charge in [0.2, 0.25) is 0 Å². The number of hydrogen-bond donors (Lipinski definition) is 0. The Morgan fingerprint density at radius 3 is 1.65 bits per heavy atom. The van der Waals surface area contributed by atoms with E-state index in [1.54, 1.807) is 0 Å². The fourth-order valence-electron chi connectivity index (χ4n) is 7.39. The van der Waals surface area contributed by atoms with Gasteiger partial charge in [0.25, 0.3) is 0 Å². The van der Waals surface area contributed by atoms with Crippen LogP contribution < -0.4 is 0 Å². The van der Waals surface area contributed by atoms with Crippen LogP contribution in [0.1, 0.15) is 0 Å². The molecule has 0 amide bonds. The molecule has 4 heteroatoms. The van der Waals surface area contributed by atoms with E-state index in [9.17, 15) is 0 Å². The lowest BCUT2D eigenvalue weighted by atomic mass is 9.93. The molecule has 2 heterocycles. The standard InChI is InChI=1S/C45H28N4/c1-2-14-30(15-3-1)43-46-44(32-16-12-17-33(27-32)49-40-23-10-8-20-36(40)37-21-9-11-24-41(37)49)48-45(47-43)39-28-31-26-25-29-13-4-5-18-34(29)42(31)38-22-7-6-19-35(38)39/h1-28H. The van der Waals surface area contributed by atoms with Crippen LogP contribution in [-0.2, 0) is 0 Å². The van der Waals surface area contributed by atoms with Gasteiger partial charge < -0.3 is 4.57 Å². The van der Waals surface area contributed by atoms with Crippen molar-refractivity contribution >= 4 is 54.1 Å². The summed E-state index contributed by atoms with van der Waals surface area (Å²) in [5.41, 5.74) is 6.24. The van der Waals surface area contributed by atoms with Gasteiger partial charge in [-0.2, -0.15) is 0 Å². The average Bonchev–Trinajstić information content (AvgIpc) is 3.52. The fraction of sp³-hybridized carbons (Fsp3) is 0. The summed E-state index contributed by atoms with van der Waals surface area (Å²) in [5, 5.41) is 9.63. The Morgan fingerprint density at radius 1 is 0.347 bits per heavy atom. The second kappa shape index (κ2) is 11.0. The van der Waals surface area contributed by atoms with Gasteiger partial charge in [-0.1, -0.05) is 140 Å². The first-order valence-electron chi connectivity index (χ1n) is 16.5. The van der Waals surface area contributed by atoms with Crippen molar-refractivity contribution in [1.29, 1.82) is 0 Å². The van der Waals surface area contributed by atoms with Crippen LogP contribution in [0, 0.1) is 0 Å². The number of fused-ring (bicyclic) bond motifs is 8. The molecule has 228 valence electrons. The van der Waals surface area contributed by atoms with Crippen molar-refractivity contribution in [3.8, 4) is 39.9 Å². The Bertz CT molecular complexity index is 2830. The molecule has 0 bridgehead atoms. The van der Waals surface area contributed by atoms with Crippen molar-refractivity contribution in [2.24, 2.45) is 0 Å². The molecule has 0 unspecified atom stereocenters. The van der Waals surface area contributed by atoms with Crippen molar-refractivity contribution in [2.45, 2.75) is 0 Å². The molecule has 0 aliphatic carbocycles. The third kappa shape index (κ3) is 4.42. The van der Waals surface area contributed by atoms with Crippen molar-refractivity contribution in [3.05, 3.63) is 170 Å². The molecule has 2 aromatic heterocycles. The van der Waals surface area contributed by atoms with Gasteiger partial charge in [-0.05, 0) is 62.6 Å². The SMILES string of the molecule is c1ccc(-c2nc(-c3cccc(-n4c5ccccc5c5ccccc54)c3)nc(-c3cc4ccc5ccccc5c4c4ccccc34)n2)cc1. The summed E-state index contributed by atoms with van der Waals surface area (Å²) in [6.07, 6.45) is 0. The minimum Gasteiger partial charge on any atom is -0.309 e. The van der Waals surface area contributed by atoms with Crippen LogP contribution in [-0.4, -0.2) is 19.5 Å². The lowest BCUT2D eigenvalue weighted by molar-refractivity contribution is 1.07. The summed E-state index contributed by atoms with van der Waals surface area (Å²) in [5.74, 6) is 1.93. The topological polar surface area (TPSA) is 43.6 Å². The molecule has 10 aromatic rings. The van der Waals surface area contributed by atoms with Gasteiger partial charge in [0.05, 0.1) is 11.0 Å². The fourth-order valence-corrected chi connectivity index (χ4v) is 7.39. The van der Waals surface area contributed by atoms with Crippen LogP contribution in [0.25, 0.3) is 94.0 Å². The van der Waals surface area contributed by atoms with Gasteiger partial charge in [0.15, 0.2) is 17.5 Å². The molecule has 0 saturated heterocycles. The Hall–Kier alpha value is -6.65. The molecule has 0 radical (unpaired) electrons. The molecular weight excluding hydrogens is 597 g/mol. The first-order valence-corrected chi connectivity index (χ1v) is 16.5. The van der Waals surface area contributed by atoms with E-state index in [0.29, 0.717) is 17.5 Å². The van der Waals surface area contributed by atoms with E-state index < -0.39 is 0 Å². The van der Waals surface area contributed by atoms with Crippen molar-refractivity contribution < 1.29 is 0 Å². The molecule has 10 rings (SSSR count). The maximum atomic E-state index is 5.23. The van der Waals surface area contributed by atoms with Crippen molar-refractivity contribution in [3.63, 3.8) is 0 Å². The van der Waals surface area contributed by atoms with Crippen LogP contribution in [0.3, 0.4) is 0 Å². The predicted molar refractivity (Wildman–Crippen MR) is 203 cm³/mol. The van der Waals surface area contributed by atoms with Crippen molar-refractivity contribution in [1.82, 2.24) is 19.5 Å². The monoisotopic (exact) mass is 624 g/mol. The van der Waals surface area contributed by atoms with Gasteiger partial charge in [-0.3, -0.25) is 0 Å². The van der Waals surface area contributed by atoms with E-state index in [1.807, 2.05) is 18.2 Å². The Kier molecular flexibility index (Phi) is 6.15. The first kappa shape index (κ1) is 27.5. The molecular formula is C45H28N4. The maximum absolute atomic E-state index is 5.23. The van der Waals surface area contributed by atoms with E-state index in [1.165, 1.54) is 32.3 Å². The highest BCUT2D eigenvalue weighted by Crippen LogP contribution is 2.39. The molecule has 0 spiro atoms. The number of nitrogens with zero attached hydrogens (tertiary/aromatic N) is 4. The minimum atomic E-state index is 0.633. The van der Waals surface area contributed by atoms with Gasteiger partial charge in [-0.15, -0.1) is 0 Å². The average molecular weight is 625 g/mol. The summed E-state index contributed by atoms with van der Waals surface area (Å²) >= 11 is 0. The molecule has 49 heavy (non-hydrogen) atoms. The third-order valence-electron chi connectivity index (χ3n) is 9.60. The van der Waals surface area contributed by atoms with E-state index in [4.69, 9.17) is 15.0 Å². The Balaban J connectivity index is 1.22. The molecule has 0 N–H and O–H groups in total. The lowest BCUT2D eigenvalue weighted by Gasteiger charge is -2.14. The summed E-state index contributed by atoms with van der Waals surface area (Å²) in [4.78, 5) is 15.5. The molecule has 0 aliphatic heterocycles. The Morgan fingerprint density at radius 2 is 0.898 bits per heavy atom. The predicted octanol–water partition coefficient (Wildman–Crippen LogP) is 11.4. The second-order valence-corrected chi connectivity index (χ2v) is 12.4. The maximum Gasteiger partial charge on any atom is 0.164 e. The molecule has 0 saturated carbocycles. The summed E-state index contributed by atoms with van der Waals surface area (Å²) < 4.78 is 2.33. The van der Waals surface area contributed by atoms with Crippen LogP contribution in [0.2, 0.25) is 0 Å². The van der Waals surface area contributed by atoms with E-state index in [2.05, 4.69) is 156 Å². The number of benzene rings is 8. The van der Waals surface area contributed by atoms with Crippen LogP contribution in [0.4, 0.5) is 0 Å². The zero-order valence-corrected chi connectivity index (χ0v) is 26.5. The van der Waals surface area contributed by atoms with Crippen LogP contribution >= 0.6 is 0 Å². The van der Waals surface area contributed by atoms with Crippen molar-refractivity contribution in [2.75, 3.05) is 0 Å². The normalized spacial score (nSPS) is 11.7. The van der Waals surface area contributed by atoms with Gasteiger partial charge in [0, 0.05) is 33.2 Å². The van der Waals surface area contributed by atoms with Gasteiger partial charge >= 0.3 is 0 Å². The highest BCUT2D eigenvalue weighted by atomic mass is 15.0. The largest absolute Gasteiger partial charge is 0.309 e. The number of aromatic nitrogens is 4. The quantitative estimate of drug-likeness (QED) is 0.183. The zero-order valence-electron chi connectivity index (χ0n) is 26.5. The molecule has 0 aliphatic rings. The zero-order chi connectivity index (χ0) is 32.3. The smallest absolute Gasteiger partial charge is 0.164 e. The number of hydrogen-bond acceptors (Lipinski definition) is 3. The summed E-state index contributed by atoms with van der Waals surface area (Å²) in [7, 11) is 0. The van der Waals surface area contributed by atoms with Crippen LogP contribution in [0.5, 0.6) is 0 Å². The van der Waals surface area contributed by atoms with Crippen LogP contribution in [0.15, 0.2) is 170 Å². The Labute approximate surface area is 282 Å². The molecule has 8 aromatic carbocycles. The summed E-state index contributed by atoms with van der Waals surface area (Å²) in [6, 6.07) is 59.7. The van der Waals surface area contributed by atoms with E-state index in [-0.39, 0.29) is 0 Å². The molecule has 4 nitrogen and oxygen atoms in total. The van der Waals surface area contributed by atoms with Gasteiger partial charge in [-0.25, -0.2) is 15.0 Å². The minimum absolute atomic E-state index is 0.633. The third-order valence-corrected chi connectivity index (χ3v) is 9.60.